The van der Waals surface area contributed by atoms with E-state index in [4.69, 9.17) is 4.84 Å². The second-order valence-corrected chi connectivity index (χ2v) is 7.72. The van der Waals surface area contributed by atoms with Crippen molar-refractivity contribution in [3.05, 3.63) is 101 Å². The minimum absolute atomic E-state index is 0.0122. The number of aliphatic hydroxyl groups is 1. The molecular formula is C26H22N2O3. The molecule has 1 unspecified atom stereocenters. The Labute approximate surface area is 180 Å². The van der Waals surface area contributed by atoms with Gasteiger partial charge in [-0.1, -0.05) is 78.0 Å². The molecule has 2 aliphatic heterocycles. The summed E-state index contributed by atoms with van der Waals surface area (Å²) in [6, 6.07) is 23.2. The van der Waals surface area contributed by atoms with Crippen LogP contribution in [0.5, 0.6) is 0 Å². The lowest BCUT2D eigenvalue weighted by atomic mass is 9.99. The van der Waals surface area contributed by atoms with E-state index in [1.165, 1.54) is 0 Å². The molecule has 1 atom stereocenters. The Morgan fingerprint density at radius 3 is 2.45 bits per heavy atom. The van der Waals surface area contributed by atoms with Gasteiger partial charge in [-0.2, -0.15) is 0 Å². The molecule has 31 heavy (non-hydrogen) atoms. The van der Waals surface area contributed by atoms with E-state index in [2.05, 4.69) is 5.16 Å². The van der Waals surface area contributed by atoms with E-state index in [1.54, 1.807) is 4.90 Å². The van der Waals surface area contributed by atoms with E-state index >= 15 is 0 Å². The molecule has 0 saturated carbocycles. The van der Waals surface area contributed by atoms with Crippen molar-refractivity contribution >= 4 is 29.5 Å². The zero-order valence-electron chi connectivity index (χ0n) is 16.9. The number of nitrogens with zero attached hydrogens (tertiary/aromatic N) is 2. The summed E-state index contributed by atoms with van der Waals surface area (Å²) >= 11 is 0. The second kappa shape index (κ2) is 8.20. The van der Waals surface area contributed by atoms with E-state index in [9.17, 15) is 9.90 Å². The number of carbonyl (C=O) groups excluding carboxylic acids is 1. The Hall–Kier alpha value is -3.70. The Balaban J connectivity index is 1.42. The van der Waals surface area contributed by atoms with Crippen LogP contribution in [-0.2, 0) is 11.4 Å². The first-order chi connectivity index (χ1) is 15.2. The number of benzene rings is 3. The number of oxime groups is 1. The molecular weight excluding hydrogens is 388 g/mol. The number of hydrogen-bond donors (Lipinski definition) is 1. The minimum atomic E-state index is -0.236. The number of para-hydroxylation sites is 1. The summed E-state index contributed by atoms with van der Waals surface area (Å²) in [5.74, 6) is -0.0447. The SMILES string of the molecule is O=C1c2ccccc2/C=C\c2ccccc2N1CC1CC(c2ccc(CO)cc2)=NO1. The smallest absolute Gasteiger partial charge is 0.259 e. The van der Waals surface area contributed by atoms with Crippen molar-refractivity contribution < 1.29 is 14.7 Å². The third-order valence-corrected chi connectivity index (χ3v) is 5.70. The summed E-state index contributed by atoms with van der Waals surface area (Å²) in [5, 5.41) is 13.5. The van der Waals surface area contributed by atoms with Gasteiger partial charge in [0.2, 0.25) is 0 Å². The number of carbonyl (C=O) groups is 1. The number of hydrogen-bond acceptors (Lipinski definition) is 4. The highest BCUT2D eigenvalue weighted by molar-refractivity contribution is 6.11. The van der Waals surface area contributed by atoms with E-state index in [1.807, 2.05) is 84.9 Å². The second-order valence-electron chi connectivity index (χ2n) is 7.72. The fourth-order valence-electron chi connectivity index (χ4n) is 4.03. The van der Waals surface area contributed by atoms with E-state index in [-0.39, 0.29) is 18.6 Å². The molecule has 1 amide bonds. The van der Waals surface area contributed by atoms with Crippen molar-refractivity contribution in [2.24, 2.45) is 5.16 Å². The molecule has 2 aliphatic rings. The van der Waals surface area contributed by atoms with Gasteiger partial charge < -0.3 is 14.8 Å². The van der Waals surface area contributed by atoms with Crippen LogP contribution < -0.4 is 4.90 Å². The van der Waals surface area contributed by atoms with E-state index < -0.39 is 0 Å². The first-order valence-electron chi connectivity index (χ1n) is 10.3. The largest absolute Gasteiger partial charge is 0.392 e. The van der Waals surface area contributed by atoms with Crippen LogP contribution in [0.3, 0.4) is 0 Å². The number of aliphatic hydroxyl groups excluding tert-OH is 1. The van der Waals surface area contributed by atoms with Gasteiger partial charge in [-0.3, -0.25) is 4.79 Å². The van der Waals surface area contributed by atoms with Crippen LogP contribution >= 0.6 is 0 Å². The highest BCUT2D eigenvalue weighted by Gasteiger charge is 2.30. The molecule has 1 N–H and O–H groups in total. The third-order valence-electron chi connectivity index (χ3n) is 5.70. The predicted molar refractivity (Wildman–Crippen MR) is 122 cm³/mol. The molecule has 3 aromatic rings. The summed E-state index contributed by atoms with van der Waals surface area (Å²) in [6.45, 7) is 0.415. The molecule has 5 heteroatoms. The van der Waals surface area contributed by atoms with Crippen LogP contribution in [0.15, 0.2) is 78.0 Å². The normalized spacial score (nSPS) is 18.4. The predicted octanol–water partition coefficient (Wildman–Crippen LogP) is 4.50. The quantitative estimate of drug-likeness (QED) is 0.689. The molecule has 5 rings (SSSR count). The van der Waals surface area contributed by atoms with Gasteiger partial charge in [0.05, 0.1) is 24.6 Å². The van der Waals surface area contributed by atoms with Gasteiger partial charge in [0.15, 0.2) is 6.10 Å². The Bertz CT molecular complexity index is 1180. The first kappa shape index (κ1) is 19.3. The third kappa shape index (κ3) is 3.76. The summed E-state index contributed by atoms with van der Waals surface area (Å²) in [5.41, 5.74) is 6.10. The van der Waals surface area contributed by atoms with Gasteiger partial charge in [0.25, 0.3) is 5.91 Å². The molecule has 5 nitrogen and oxygen atoms in total. The molecule has 3 aromatic carbocycles. The lowest BCUT2D eigenvalue weighted by molar-refractivity contribution is 0.0817. The highest BCUT2D eigenvalue weighted by Crippen LogP contribution is 2.30. The summed E-state index contributed by atoms with van der Waals surface area (Å²) < 4.78 is 0. The van der Waals surface area contributed by atoms with E-state index in [0.29, 0.717) is 18.5 Å². The van der Waals surface area contributed by atoms with Crippen LogP contribution in [0.25, 0.3) is 12.2 Å². The highest BCUT2D eigenvalue weighted by atomic mass is 16.6. The molecule has 0 spiro atoms. The average Bonchev–Trinajstić information content (AvgIpc) is 3.29. The first-order valence-corrected chi connectivity index (χ1v) is 10.3. The van der Waals surface area contributed by atoms with Crippen LogP contribution in [-0.4, -0.2) is 29.4 Å². The summed E-state index contributed by atoms with van der Waals surface area (Å²) in [7, 11) is 0. The van der Waals surface area contributed by atoms with Crippen LogP contribution in [0.4, 0.5) is 5.69 Å². The zero-order chi connectivity index (χ0) is 21.2. The maximum atomic E-state index is 13.5. The maximum Gasteiger partial charge on any atom is 0.259 e. The molecule has 2 heterocycles. The van der Waals surface area contributed by atoms with Crippen LogP contribution in [0.2, 0.25) is 0 Å². The van der Waals surface area contributed by atoms with Crippen LogP contribution in [0, 0.1) is 0 Å². The fraction of sp³-hybridized carbons (Fsp3) is 0.154. The van der Waals surface area contributed by atoms with Crippen molar-refractivity contribution in [2.75, 3.05) is 11.4 Å². The number of amides is 1. The van der Waals surface area contributed by atoms with Gasteiger partial charge in [-0.25, -0.2) is 0 Å². The van der Waals surface area contributed by atoms with E-state index in [0.717, 1.165) is 33.7 Å². The van der Waals surface area contributed by atoms with Gasteiger partial charge in [-0.05, 0) is 34.4 Å². The monoisotopic (exact) mass is 410 g/mol. The molecule has 0 fully saturated rings. The van der Waals surface area contributed by atoms with Gasteiger partial charge in [-0.15, -0.1) is 0 Å². The van der Waals surface area contributed by atoms with Gasteiger partial charge in [0.1, 0.15) is 0 Å². The maximum absolute atomic E-state index is 13.5. The number of fused-ring (bicyclic) bond motifs is 2. The molecule has 0 aromatic heterocycles. The lowest BCUT2D eigenvalue weighted by Gasteiger charge is -2.28. The van der Waals surface area contributed by atoms with Crippen molar-refractivity contribution in [2.45, 2.75) is 19.1 Å². The van der Waals surface area contributed by atoms with Gasteiger partial charge >= 0.3 is 0 Å². The topological polar surface area (TPSA) is 62.1 Å². The number of anilines is 1. The van der Waals surface area contributed by atoms with Crippen molar-refractivity contribution in [3.8, 4) is 0 Å². The standard InChI is InChI=1S/C26H22N2O3/c29-17-18-9-11-20(12-10-18)24-15-22(31-27-24)16-28-25-8-4-2-6-21(25)14-13-19-5-1-3-7-23(19)26(28)30/h1-14,22,29H,15-17H2/b14-13-. The summed E-state index contributed by atoms with van der Waals surface area (Å²) in [4.78, 5) is 21.1. The Kier molecular flexibility index (Phi) is 5.10. The Morgan fingerprint density at radius 2 is 1.65 bits per heavy atom. The van der Waals surface area contributed by atoms with Crippen molar-refractivity contribution in [1.29, 1.82) is 0 Å². The molecule has 0 saturated heterocycles. The van der Waals surface area contributed by atoms with Gasteiger partial charge in [0, 0.05) is 12.0 Å². The van der Waals surface area contributed by atoms with Crippen molar-refractivity contribution in [3.63, 3.8) is 0 Å². The van der Waals surface area contributed by atoms with Crippen LogP contribution in [0.1, 0.15) is 39.0 Å². The molecule has 0 bridgehead atoms. The molecule has 0 radical (unpaired) electrons. The minimum Gasteiger partial charge on any atom is -0.392 e. The number of rotatable bonds is 4. The summed E-state index contributed by atoms with van der Waals surface area (Å²) in [6.07, 6.45) is 4.42. The zero-order valence-corrected chi connectivity index (χ0v) is 16.9. The average molecular weight is 410 g/mol. The molecule has 0 aliphatic carbocycles. The van der Waals surface area contributed by atoms with Crippen molar-refractivity contribution in [1.82, 2.24) is 0 Å². The lowest BCUT2D eigenvalue weighted by Crippen LogP contribution is -2.39. The Morgan fingerprint density at radius 1 is 0.935 bits per heavy atom. The molecule has 154 valence electrons. The fourth-order valence-corrected chi connectivity index (χ4v) is 4.03.